The largest absolute Gasteiger partial charge is 0.352 e. The molecule has 0 atom stereocenters. The molecule has 0 bridgehead atoms. The third-order valence-corrected chi connectivity index (χ3v) is 5.13. The van der Waals surface area contributed by atoms with Crippen LogP contribution in [0.3, 0.4) is 0 Å². The fourth-order valence-electron chi connectivity index (χ4n) is 2.77. The lowest BCUT2D eigenvalue weighted by Crippen LogP contribution is -2.29. The van der Waals surface area contributed by atoms with E-state index in [1.54, 1.807) is 6.92 Å². The Kier molecular flexibility index (Phi) is 4.68. The highest BCUT2D eigenvalue weighted by Crippen LogP contribution is 2.24. The molecule has 0 unspecified atom stereocenters. The molecule has 5 nitrogen and oxygen atoms in total. The maximum absolute atomic E-state index is 12.3. The van der Waals surface area contributed by atoms with Crippen LogP contribution >= 0.6 is 0 Å². The van der Waals surface area contributed by atoms with E-state index in [4.69, 9.17) is 5.14 Å². The molecule has 1 aliphatic rings. The lowest BCUT2D eigenvalue weighted by atomic mass is 10.0. The standard InChI is InChI=1S/C15H22N2O3S/c1-10-7-13(21(16,19)20)8-14(11(10)2)15(18)17-9-12-5-3-4-6-12/h7-8,12H,3-6,9H2,1-2H3,(H,17,18)(H2,16,19,20). The summed E-state index contributed by atoms with van der Waals surface area (Å²) in [5.74, 6) is 0.310. The second kappa shape index (κ2) is 6.15. The van der Waals surface area contributed by atoms with Gasteiger partial charge in [-0.2, -0.15) is 0 Å². The van der Waals surface area contributed by atoms with Crippen LogP contribution in [0.5, 0.6) is 0 Å². The van der Waals surface area contributed by atoms with Gasteiger partial charge in [-0.05, 0) is 55.9 Å². The van der Waals surface area contributed by atoms with E-state index in [1.165, 1.54) is 25.0 Å². The summed E-state index contributed by atoms with van der Waals surface area (Å²) < 4.78 is 23.0. The highest BCUT2D eigenvalue weighted by Gasteiger charge is 2.19. The smallest absolute Gasteiger partial charge is 0.251 e. The van der Waals surface area contributed by atoms with E-state index < -0.39 is 10.0 Å². The summed E-state index contributed by atoms with van der Waals surface area (Å²) in [5.41, 5.74) is 1.91. The average Bonchev–Trinajstić information content (AvgIpc) is 2.91. The first-order valence-electron chi connectivity index (χ1n) is 7.21. The molecule has 1 saturated carbocycles. The maximum Gasteiger partial charge on any atom is 0.251 e. The van der Waals surface area contributed by atoms with E-state index in [1.807, 2.05) is 6.92 Å². The Labute approximate surface area is 126 Å². The van der Waals surface area contributed by atoms with Crippen LogP contribution < -0.4 is 10.5 Å². The zero-order chi connectivity index (χ0) is 15.6. The summed E-state index contributed by atoms with van der Waals surface area (Å²) in [6, 6.07) is 2.86. The lowest BCUT2D eigenvalue weighted by molar-refractivity contribution is 0.0946. The van der Waals surface area contributed by atoms with Gasteiger partial charge in [0.15, 0.2) is 0 Å². The topological polar surface area (TPSA) is 89.3 Å². The minimum absolute atomic E-state index is 0.0170. The summed E-state index contributed by atoms with van der Waals surface area (Å²) in [6.07, 6.45) is 4.74. The molecular formula is C15H22N2O3S. The van der Waals surface area contributed by atoms with E-state index in [2.05, 4.69) is 5.32 Å². The molecule has 0 aromatic heterocycles. The van der Waals surface area contributed by atoms with Gasteiger partial charge in [-0.1, -0.05) is 12.8 Å². The van der Waals surface area contributed by atoms with Crippen LogP contribution in [-0.2, 0) is 10.0 Å². The molecule has 0 saturated heterocycles. The number of hydrogen-bond donors (Lipinski definition) is 2. The summed E-state index contributed by atoms with van der Waals surface area (Å²) in [7, 11) is -3.81. The molecule has 1 aromatic rings. The van der Waals surface area contributed by atoms with Crippen molar-refractivity contribution in [3.8, 4) is 0 Å². The van der Waals surface area contributed by atoms with Crippen molar-refractivity contribution in [1.29, 1.82) is 0 Å². The number of nitrogens with two attached hydrogens (primary N) is 1. The number of amides is 1. The van der Waals surface area contributed by atoms with E-state index in [0.29, 0.717) is 18.0 Å². The molecule has 1 aliphatic carbocycles. The van der Waals surface area contributed by atoms with Gasteiger partial charge in [0.05, 0.1) is 4.90 Å². The van der Waals surface area contributed by atoms with Crippen LogP contribution in [0.25, 0.3) is 0 Å². The Hall–Kier alpha value is -1.40. The maximum atomic E-state index is 12.3. The minimum Gasteiger partial charge on any atom is -0.352 e. The number of sulfonamides is 1. The predicted molar refractivity (Wildman–Crippen MR) is 81.6 cm³/mol. The molecule has 1 fully saturated rings. The van der Waals surface area contributed by atoms with Crippen molar-refractivity contribution in [2.75, 3.05) is 6.54 Å². The SMILES string of the molecule is Cc1cc(S(N)(=O)=O)cc(C(=O)NCC2CCCC2)c1C. The zero-order valence-electron chi connectivity index (χ0n) is 12.5. The number of carbonyl (C=O) groups is 1. The Morgan fingerprint density at radius 3 is 2.48 bits per heavy atom. The van der Waals surface area contributed by atoms with Gasteiger partial charge in [-0.15, -0.1) is 0 Å². The molecule has 2 rings (SSSR count). The number of primary sulfonamides is 1. The summed E-state index contributed by atoms with van der Waals surface area (Å²) in [6.45, 7) is 4.24. The monoisotopic (exact) mass is 310 g/mol. The second-order valence-electron chi connectivity index (χ2n) is 5.82. The first-order chi connectivity index (χ1) is 9.79. The van der Waals surface area contributed by atoms with Gasteiger partial charge < -0.3 is 5.32 Å². The van der Waals surface area contributed by atoms with E-state index in [9.17, 15) is 13.2 Å². The highest BCUT2D eigenvalue weighted by atomic mass is 32.2. The fourth-order valence-corrected chi connectivity index (χ4v) is 3.40. The Bertz CT molecular complexity index is 647. The number of benzene rings is 1. The van der Waals surface area contributed by atoms with Crippen molar-refractivity contribution in [2.24, 2.45) is 11.1 Å². The average molecular weight is 310 g/mol. The first kappa shape index (κ1) is 16.0. The van der Waals surface area contributed by atoms with Crippen molar-refractivity contribution < 1.29 is 13.2 Å². The van der Waals surface area contributed by atoms with Crippen LogP contribution in [0.15, 0.2) is 17.0 Å². The first-order valence-corrected chi connectivity index (χ1v) is 8.76. The molecule has 0 aliphatic heterocycles. The van der Waals surface area contributed by atoms with Crippen LogP contribution in [0.4, 0.5) is 0 Å². The summed E-state index contributed by atoms with van der Waals surface area (Å²) in [4.78, 5) is 12.3. The van der Waals surface area contributed by atoms with Crippen LogP contribution in [-0.4, -0.2) is 20.9 Å². The van der Waals surface area contributed by atoms with Gasteiger partial charge in [0, 0.05) is 12.1 Å². The molecular weight excluding hydrogens is 288 g/mol. The van der Waals surface area contributed by atoms with Crippen molar-refractivity contribution in [3.05, 3.63) is 28.8 Å². The Morgan fingerprint density at radius 1 is 1.29 bits per heavy atom. The van der Waals surface area contributed by atoms with E-state index >= 15 is 0 Å². The third-order valence-electron chi connectivity index (χ3n) is 4.24. The van der Waals surface area contributed by atoms with Gasteiger partial charge in [0.25, 0.3) is 5.91 Å². The molecule has 3 N–H and O–H groups in total. The summed E-state index contributed by atoms with van der Waals surface area (Å²) in [5, 5.41) is 8.07. The van der Waals surface area contributed by atoms with Gasteiger partial charge in [-0.25, -0.2) is 13.6 Å². The second-order valence-corrected chi connectivity index (χ2v) is 7.38. The zero-order valence-corrected chi connectivity index (χ0v) is 13.3. The molecule has 0 heterocycles. The summed E-state index contributed by atoms with van der Waals surface area (Å²) >= 11 is 0. The van der Waals surface area contributed by atoms with E-state index in [0.717, 1.165) is 24.0 Å². The van der Waals surface area contributed by atoms with Crippen LogP contribution in [0, 0.1) is 19.8 Å². The number of nitrogens with one attached hydrogen (secondary N) is 1. The molecule has 116 valence electrons. The molecule has 1 amide bonds. The molecule has 21 heavy (non-hydrogen) atoms. The predicted octanol–water partition coefficient (Wildman–Crippen LogP) is 1.87. The van der Waals surface area contributed by atoms with Crippen molar-refractivity contribution in [1.82, 2.24) is 5.32 Å². The third kappa shape index (κ3) is 3.83. The van der Waals surface area contributed by atoms with Gasteiger partial charge in [-0.3, -0.25) is 4.79 Å². The number of aryl methyl sites for hydroxylation is 1. The van der Waals surface area contributed by atoms with Crippen LogP contribution in [0.2, 0.25) is 0 Å². The van der Waals surface area contributed by atoms with Gasteiger partial charge >= 0.3 is 0 Å². The molecule has 0 radical (unpaired) electrons. The normalized spacial score (nSPS) is 16.1. The van der Waals surface area contributed by atoms with E-state index in [-0.39, 0.29) is 10.8 Å². The number of hydrogen-bond acceptors (Lipinski definition) is 3. The quantitative estimate of drug-likeness (QED) is 0.889. The minimum atomic E-state index is -3.81. The van der Waals surface area contributed by atoms with Gasteiger partial charge in [0.2, 0.25) is 10.0 Å². The Morgan fingerprint density at radius 2 is 1.90 bits per heavy atom. The van der Waals surface area contributed by atoms with Crippen LogP contribution in [0.1, 0.15) is 47.2 Å². The fraction of sp³-hybridized carbons (Fsp3) is 0.533. The molecule has 6 heteroatoms. The van der Waals surface area contributed by atoms with Crippen molar-refractivity contribution in [2.45, 2.75) is 44.4 Å². The lowest BCUT2D eigenvalue weighted by Gasteiger charge is -2.14. The number of carbonyl (C=O) groups excluding carboxylic acids is 1. The van der Waals surface area contributed by atoms with Crippen molar-refractivity contribution in [3.63, 3.8) is 0 Å². The molecule has 1 aromatic carbocycles. The van der Waals surface area contributed by atoms with Gasteiger partial charge in [0.1, 0.15) is 0 Å². The Balaban J connectivity index is 2.21. The highest BCUT2D eigenvalue weighted by molar-refractivity contribution is 7.89. The van der Waals surface area contributed by atoms with Crippen molar-refractivity contribution >= 4 is 15.9 Å². The molecule has 0 spiro atoms. The number of rotatable bonds is 4.